The van der Waals surface area contributed by atoms with Crippen molar-refractivity contribution in [3.8, 4) is 5.75 Å². The first kappa shape index (κ1) is 17.6. The lowest BCUT2D eigenvalue weighted by Gasteiger charge is -2.22. The molecule has 122 valence electrons. The smallest absolute Gasteiger partial charge is 0.173 e. The molecule has 3 nitrogen and oxygen atoms in total. The summed E-state index contributed by atoms with van der Waals surface area (Å²) in [6.45, 7) is 5.39. The number of ether oxygens (including phenoxy) is 1. The SMILES string of the molecule is Cc1cccc(NC(=S)N(C)CCOc2cccc(Cl)c2)c1C. The second-order valence-corrected chi connectivity index (χ2v) is 6.23. The topological polar surface area (TPSA) is 24.5 Å². The molecular weight excluding hydrogens is 328 g/mol. The molecule has 0 radical (unpaired) electrons. The molecule has 5 heteroatoms. The standard InChI is InChI=1S/C18H21ClN2OS/c1-13-6-4-9-17(14(13)2)20-18(23)21(3)10-11-22-16-8-5-7-15(19)12-16/h4-9,12H,10-11H2,1-3H3,(H,20,23). The molecule has 0 unspecified atom stereocenters. The highest BCUT2D eigenvalue weighted by Crippen LogP contribution is 2.19. The van der Waals surface area contributed by atoms with Crippen molar-refractivity contribution in [1.82, 2.24) is 4.90 Å². The van der Waals surface area contributed by atoms with Gasteiger partial charge in [-0.25, -0.2) is 0 Å². The molecule has 0 bridgehead atoms. The monoisotopic (exact) mass is 348 g/mol. The minimum absolute atomic E-state index is 0.533. The van der Waals surface area contributed by atoms with E-state index in [2.05, 4.69) is 25.2 Å². The van der Waals surface area contributed by atoms with Crippen LogP contribution in [0.15, 0.2) is 42.5 Å². The third kappa shape index (κ3) is 5.12. The van der Waals surface area contributed by atoms with Crippen LogP contribution in [-0.2, 0) is 0 Å². The maximum Gasteiger partial charge on any atom is 0.173 e. The number of benzene rings is 2. The lowest BCUT2D eigenvalue weighted by atomic mass is 10.1. The minimum atomic E-state index is 0.533. The third-order valence-corrected chi connectivity index (χ3v) is 4.33. The molecule has 0 heterocycles. The fourth-order valence-corrected chi connectivity index (χ4v) is 2.44. The minimum Gasteiger partial charge on any atom is -0.492 e. The molecule has 0 aliphatic rings. The van der Waals surface area contributed by atoms with Gasteiger partial charge in [0, 0.05) is 17.8 Å². The average molecular weight is 349 g/mol. The Balaban J connectivity index is 1.84. The molecule has 0 spiro atoms. The predicted octanol–water partition coefficient (Wildman–Crippen LogP) is 4.66. The van der Waals surface area contributed by atoms with E-state index in [9.17, 15) is 0 Å². The number of thiocarbonyl (C=S) groups is 1. The van der Waals surface area contributed by atoms with Gasteiger partial charge in [0.25, 0.3) is 0 Å². The van der Waals surface area contributed by atoms with Crippen molar-refractivity contribution >= 4 is 34.6 Å². The Labute approximate surface area is 148 Å². The van der Waals surface area contributed by atoms with Gasteiger partial charge in [0.05, 0.1) is 6.54 Å². The average Bonchev–Trinajstić information content (AvgIpc) is 2.51. The largest absolute Gasteiger partial charge is 0.492 e. The Kier molecular flexibility index (Phi) is 6.25. The Morgan fingerprint density at radius 3 is 2.70 bits per heavy atom. The highest BCUT2D eigenvalue weighted by Gasteiger charge is 2.07. The van der Waals surface area contributed by atoms with Crippen molar-refractivity contribution in [2.45, 2.75) is 13.8 Å². The normalized spacial score (nSPS) is 10.3. The van der Waals surface area contributed by atoms with Gasteiger partial charge in [-0.1, -0.05) is 29.8 Å². The highest BCUT2D eigenvalue weighted by atomic mass is 35.5. The zero-order chi connectivity index (χ0) is 16.8. The molecule has 0 atom stereocenters. The van der Waals surface area contributed by atoms with E-state index in [1.165, 1.54) is 11.1 Å². The number of nitrogens with one attached hydrogen (secondary N) is 1. The van der Waals surface area contributed by atoms with Crippen LogP contribution in [0.2, 0.25) is 5.02 Å². The second kappa shape index (κ2) is 8.18. The molecule has 2 aromatic carbocycles. The summed E-state index contributed by atoms with van der Waals surface area (Å²) in [5.41, 5.74) is 3.49. The summed E-state index contributed by atoms with van der Waals surface area (Å²) in [6.07, 6.45) is 0. The quantitative estimate of drug-likeness (QED) is 0.794. The number of nitrogens with zero attached hydrogens (tertiary/aromatic N) is 1. The van der Waals surface area contributed by atoms with Crippen molar-refractivity contribution in [3.63, 3.8) is 0 Å². The third-order valence-electron chi connectivity index (χ3n) is 3.68. The summed E-state index contributed by atoms with van der Waals surface area (Å²) in [6, 6.07) is 13.5. The first-order valence-electron chi connectivity index (χ1n) is 7.44. The fourth-order valence-electron chi connectivity index (χ4n) is 2.06. The molecule has 0 aliphatic heterocycles. The summed E-state index contributed by atoms with van der Waals surface area (Å²) < 4.78 is 5.69. The van der Waals surface area contributed by atoms with Crippen LogP contribution in [0.4, 0.5) is 5.69 Å². The maximum atomic E-state index is 5.93. The molecule has 23 heavy (non-hydrogen) atoms. The highest BCUT2D eigenvalue weighted by molar-refractivity contribution is 7.80. The van der Waals surface area contributed by atoms with Crippen molar-refractivity contribution in [2.24, 2.45) is 0 Å². The predicted molar refractivity (Wildman–Crippen MR) is 102 cm³/mol. The molecule has 0 aliphatic carbocycles. The summed E-state index contributed by atoms with van der Waals surface area (Å²) in [5.74, 6) is 0.763. The van der Waals surface area contributed by atoms with E-state index < -0.39 is 0 Å². The molecule has 1 N–H and O–H groups in total. The van der Waals surface area contributed by atoms with E-state index in [1.807, 2.05) is 42.3 Å². The lowest BCUT2D eigenvalue weighted by molar-refractivity contribution is 0.285. The van der Waals surface area contributed by atoms with Gasteiger partial charge in [0.1, 0.15) is 12.4 Å². The van der Waals surface area contributed by atoms with Gasteiger partial charge in [-0.2, -0.15) is 0 Å². The van der Waals surface area contributed by atoms with E-state index in [0.717, 1.165) is 11.4 Å². The molecule has 0 aromatic heterocycles. The summed E-state index contributed by atoms with van der Waals surface area (Å²) in [4.78, 5) is 1.96. The number of hydrogen-bond acceptors (Lipinski definition) is 2. The zero-order valence-electron chi connectivity index (χ0n) is 13.6. The molecule has 2 aromatic rings. The van der Waals surface area contributed by atoms with E-state index in [1.54, 1.807) is 6.07 Å². The Bertz CT molecular complexity index is 690. The second-order valence-electron chi connectivity index (χ2n) is 5.41. The van der Waals surface area contributed by atoms with Gasteiger partial charge in [-0.05, 0) is 61.5 Å². The first-order chi connectivity index (χ1) is 11.0. The van der Waals surface area contributed by atoms with Gasteiger partial charge >= 0.3 is 0 Å². The Morgan fingerprint density at radius 1 is 1.22 bits per heavy atom. The summed E-state index contributed by atoms with van der Waals surface area (Å²) in [7, 11) is 1.95. The summed E-state index contributed by atoms with van der Waals surface area (Å²) in [5, 5.41) is 4.63. The fraction of sp³-hybridized carbons (Fsp3) is 0.278. The van der Waals surface area contributed by atoms with Crippen molar-refractivity contribution in [3.05, 3.63) is 58.6 Å². The van der Waals surface area contributed by atoms with Crippen LogP contribution in [0.3, 0.4) is 0 Å². The number of hydrogen-bond donors (Lipinski definition) is 1. The Morgan fingerprint density at radius 2 is 1.96 bits per heavy atom. The lowest BCUT2D eigenvalue weighted by Crippen LogP contribution is -2.34. The van der Waals surface area contributed by atoms with Gasteiger partial charge in [0.15, 0.2) is 5.11 Å². The van der Waals surface area contributed by atoms with E-state index in [4.69, 9.17) is 28.6 Å². The van der Waals surface area contributed by atoms with Crippen LogP contribution in [0.1, 0.15) is 11.1 Å². The molecule has 0 saturated carbocycles. The van der Waals surface area contributed by atoms with Crippen LogP contribution in [0.25, 0.3) is 0 Å². The van der Waals surface area contributed by atoms with Gasteiger partial charge in [-0.3, -0.25) is 0 Å². The van der Waals surface area contributed by atoms with Crippen LogP contribution in [-0.4, -0.2) is 30.2 Å². The van der Waals surface area contributed by atoms with Crippen molar-refractivity contribution in [1.29, 1.82) is 0 Å². The number of rotatable bonds is 5. The van der Waals surface area contributed by atoms with E-state index >= 15 is 0 Å². The summed E-state index contributed by atoms with van der Waals surface area (Å²) >= 11 is 11.4. The van der Waals surface area contributed by atoms with Crippen LogP contribution in [0, 0.1) is 13.8 Å². The van der Waals surface area contributed by atoms with Crippen molar-refractivity contribution in [2.75, 3.05) is 25.5 Å². The number of likely N-dealkylation sites (N-methyl/N-ethyl adjacent to an activating group) is 1. The van der Waals surface area contributed by atoms with Crippen molar-refractivity contribution < 1.29 is 4.74 Å². The molecule has 2 rings (SSSR count). The van der Waals surface area contributed by atoms with Crippen LogP contribution in [0.5, 0.6) is 5.75 Å². The van der Waals surface area contributed by atoms with E-state index in [0.29, 0.717) is 23.3 Å². The number of anilines is 1. The van der Waals surface area contributed by atoms with Crippen LogP contribution < -0.4 is 10.1 Å². The zero-order valence-corrected chi connectivity index (χ0v) is 15.2. The molecule has 0 fully saturated rings. The molecular formula is C18H21ClN2OS. The van der Waals surface area contributed by atoms with Gasteiger partial charge in [0.2, 0.25) is 0 Å². The number of halogens is 1. The Hall–Kier alpha value is -1.78. The van der Waals surface area contributed by atoms with Gasteiger partial charge in [-0.15, -0.1) is 0 Å². The van der Waals surface area contributed by atoms with Gasteiger partial charge < -0.3 is 15.0 Å². The molecule has 0 amide bonds. The number of aryl methyl sites for hydroxylation is 1. The van der Waals surface area contributed by atoms with E-state index in [-0.39, 0.29) is 0 Å². The maximum absolute atomic E-state index is 5.93. The molecule has 0 saturated heterocycles. The van der Waals surface area contributed by atoms with Crippen LogP contribution >= 0.6 is 23.8 Å². The first-order valence-corrected chi connectivity index (χ1v) is 8.22.